The Labute approximate surface area is 327 Å². The van der Waals surface area contributed by atoms with E-state index in [1.807, 2.05) is 13.8 Å². The standard InChI is InChI=1S/C10H18O5.C9H18O5.C9H16O5.C8H16O5/c1-14-8-6(11)7(12)9(13)15-10(8)4-2-3-5-10;2*1-4-9(2)7(13-3)5(10)6(11)8(12)14-9;1-3-4-7(12-2)5(9)6(10)8(11)13-4/h6-9,11-13H,2-5H2,1H3;5-8,10-12H,4H2,1-3H3;4-8,10-12H,1H2,2-3H3;4-11H,3H2,1-2H3/t6-,7+,8+,9+;2*5?,6?,7?,8?,9-;4-,5?,6?,7?,8?/m0000/s1. The van der Waals surface area contributed by atoms with Crippen LogP contribution in [-0.2, 0) is 37.9 Å². The van der Waals surface area contributed by atoms with Crippen molar-refractivity contribution < 1.29 is 99.2 Å². The minimum atomic E-state index is -1.43. The molecule has 5 rings (SSSR count). The second-order valence-electron chi connectivity index (χ2n) is 14.9. The molecule has 12 N–H and O–H groups in total. The number of rotatable bonds is 7. The van der Waals surface area contributed by atoms with Crippen LogP contribution < -0.4 is 0 Å². The van der Waals surface area contributed by atoms with E-state index in [1.54, 1.807) is 13.8 Å². The lowest BCUT2D eigenvalue weighted by Gasteiger charge is -2.47. The first kappa shape index (κ1) is 51.1. The van der Waals surface area contributed by atoms with E-state index in [1.165, 1.54) is 34.5 Å². The molecule has 56 heavy (non-hydrogen) atoms. The summed E-state index contributed by atoms with van der Waals surface area (Å²) >= 11 is 0. The molecule has 1 saturated carbocycles. The number of methoxy groups -OCH3 is 4. The molecule has 20 heteroatoms. The van der Waals surface area contributed by atoms with E-state index >= 15 is 0 Å². The van der Waals surface area contributed by atoms with Gasteiger partial charge in [-0.05, 0) is 39.5 Å². The molecule has 332 valence electrons. The molecule has 0 aromatic heterocycles. The topological polar surface area (TPSA) is 317 Å². The Hall–Kier alpha value is -1.06. The van der Waals surface area contributed by atoms with Crippen molar-refractivity contribution in [3.8, 4) is 0 Å². The van der Waals surface area contributed by atoms with E-state index in [-0.39, 0.29) is 6.10 Å². The van der Waals surface area contributed by atoms with Crippen molar-refractivity contribution in [3.63, 3.8) is 0 Å². The quantitative estimate of drug-likeness (QED) is 0.111. The highest BCUT2D eigenvalue weighted by Gasteiger charge is 2.55. The zero-order valence-corrected chi connectivity index (χ0v) is 33.5. The van der Waals surface area contributed by atoms with Crippen molar-refractivity contribution in [1.82, 2.24) is 0 Å². The van der Waals surface area contributed by atoms with Crippen LogP contribution in [0.3, 0.4) is 0 Å². The molecule has 0 aromatic carbocycles. The number of ether oxygens (including phenoxy) is 8. The maximum Gasteiger partial charge on any atom is 0.184 e. The van der Waals surface area contributed by atoms with E-state index in [0.717, 1.165) is 25.7 Å². The Kier molecular flexibility index (Phi) is 20.0. The molecular formula is C36H68O20. The molecular weight excluding hydrogens is 752 g/mol. The van der Waals surface area contributed by atoms with Crippen LogP contribution in [0.1, 0.15) is 66.2 Å². The molecule has 12 unspecified atom stereocenters. The fraction of sp³-hybridized carbons (Fsp3) is 0.944. The highest BCUT2D eigenvalue weighted by molar-refractivity contribution is 5.07. The van der Waals surface area contributed by atoms with Gasteiger partial charge in [0.15, 0.2) is 25.2 Å². The molecule has 0 amide bonds. The van der Waals surface area contributed by atoms with Gasteiger partial charge in [0.05, 0.1) is 11.7 Å². The maximum absolute atomic E-state index is 9.82. The summed E-state index contributed by atoms with van der Waals surface area (Å²) in [6, 6.07) is 0. The average molecular weight is 821 g/mol. The minimum Gasteiger partial charge on any atom is -0.387 e. The van der Waals surface area contributed by atoms with Crippen LogP contribution in [0.15, 0.2) is 12.7 Å². The summed E-state index contributed by atoms with van der Waals surface area (Å²) in [6.07, 6.45) is -12.0. The zero-order chi connectivity index (χ0) is 42.9. The summed E-state index contributed by atoms with van der Waals surface area (Å²) in [5.74, 6) is 0. The van der Waals surface area contributed by atoms with Crippen LogP contribution >= 0.6 is 0 Å². The predicted octanol–water partition coefficient (Wildman–Crippen LogP) is -3.51. The van der Waals surface area contributed by atoms with Gasteiger partial charge in [-0.15, -0.1) is 6.58 Å². The zero-order valence-electron chi connectivity index (χ0n) is 33.5. The second kappa shape index (κ2) is 22.0. The van der Waals surface area contributed by atoms with Gasteiger partial charge in [0, 0.05) is 28.4 Å². The molecule has 1 spiro atoms. The molecule has 4 aliphatic heterocycles. The van der Waals surface area contributed by atoms with Gasteiger partial charge in [-0.1, -0.05) is 32.8 Å². The van der Waals surface area contributed by atoms with Gasteiger partial charge >= 0.3 is 0 Å². The lowest BCUT2D eigenvalue weighted by molar-refractivity contribution is -0.322. The summed E-state index contributed by atoms with van der Waals surface area (Å²) in [5, 5.41) is 113. The fourth-order valence-corrected chi connectivity index (χ4v) is 7.72. The van der Waals surface area contributed by atoms with Crippen LogP contribution in [0.25, 0.3) is 0 Å². The Morgan fingerprint density at radius 3 is 1.41 bits per heavy atom. The summed E-state index contributed by atoms with van der Waals surface area (Å²) in [5.41, 5.74) is -2.40. The molecule has 19 atom stereocenters. The molecule has 0 aromatic rings. The third-order valence-corrected chi connectivity index (χ3v) is 11.3. The highest BCUT2D eigenvalue weighted by Crippen LogP contribution is 2.43. The fourth-order valence-electron chi connectivity index (χ4n) is 7.72. The summed E-state index contributed by atoms with van der Waals surface area (Å²) < 4.78 is 41.1. The average Bonchev–Trinajstić information content (AvgIpc) is 3.63. The molecule has 1 aliphatic carbocycles. The van der Waals surface area contributed by atoms with Gasteiger partial charge < -0.3 is 99.2 Å². The maximum atomic E-state index is 9.82. The number of aliphatic hydroxyl groups excluding tert-OH is 12. The molecule has 5 aliphatic rings. The molecule has 4 heterocycles. The normalized spacial score (nSPS) is 47.3. The molecule has 0 radical (unpaired) electrons. The van der Waals surface area contributed by atoms with Gasteiger partial charge in [0.2, 0.25) is 0 Å². The Morgan fingerprint density at radius 2 is 0.982 bits per heavy atom. The first-order valence-electron chi connectivity index (χ1n) is 18.7. The Balaban J connectivity index is 0.000000258. The van der Waals surface area contributed by atoms with Gasteiger partial charge in [0.1, 0.15) is 84.4 Å². The van der Waals surface area contributed by atoms with Crippen molar-refractivity contribution in [2.24, 2.45) is 0 Å². The van der Waals surface area contributed by atoms with E-state index < -0.39 is 115 Å². The Morgan fingerprint density at radius 1 is 0.554 bits per heavy atom. The lowest BCUT2D eigenvalue weighted by atomic mass is 9.85. The first-order chi connectivity index (χ1) is 26.1. The molecule has 5 fully saturated rings. The van der Waals surface area contributed by atoms with Crippen molar-refractivity contribution in [1.29, 1.82) is 0 Å². The second-order valence-corrected chi connectivity index (χ2v) is 14.9. The SMILES string of the molecule is C=C[C@]1(C)OC(O)C(O)C(O)C1OC.CC[C@@H]1OC(O)C(O)C(O)C1OC.CC[C@]1(C)OC(O)C(O)C(O)C1OC.CO[C@@H]1[C@@H](O)[C@@H](O)[C@H](O)OC12CCCC2. The predicted molar refractivity (Wildman–Crippen MR) is 192 cm³/mol. The van der Waals surface area contributed by atoms with Gasteiger partial charge in [-0.3, -0.25) is 0 Å². The number of hydrogen-bond acceptors (Lipinski definition) is 20. The van der Waals surface area contributed by atoms with Gasteiger partial charge in [0.25, 0.3) is 0 Å². The van der Waals surface area contributed by atoms with E-state index in [9.17, 15) is 61.3 Å². The Bertz CT molecular complexity index is 1150. The smallest absolute Gasteiger partial charge is 0.184 e. The van der Waals surface area contributed by atoms with E-state index in [4.69, 9.17) is 37.9 Å². The minimum absolute atomic E-state index is 0.376. The summed E-state index contributed by atoms with van der Waals surface area (Å²) in [7, 11) is 5.76. The van der Waals surface area contributed by atoms with Gasteiger partial charge in [-0.25, -0.2) is 0 Å². The first-order valence-corrected chi connectivity index (χ1v) is 18.7. The number of hydrogen-bond donors (Lipinski definition) is 12. The highest BCUT2D eigenvalue weighted by atomic mass is 16.7. The lowest BCUT2D eigenvalue weighted by Crippen LogP contribution is -2.63. The van der Waals surface area contributed by atoms with Crippen LogP contribution in [0.2, 0.25) is 0 Å². The third-order valence-electron chi connectivity index (χ3n) is 11.3. The molecule has 4 saturated heterocycles. The van der Waals surface area contributed by atoms with Crippen LogP contribution in [0.4, 0.5) is 0 Å². The van der Waals surface area contributed by atoms with Crippen LogP contribution in [-0.4, -0.2) is 211 Å². The van der Waals surface area contributed by atoms with Crippen molar-refractivity contribution >= 4 is 0 Å². The largest absolute Gasteiger partial charge is 0.387 e. The van der Waals surface area contributed by atoms with E-state index in [2.05, 4.69) is 6.58 Å². The monoisotopic (exact) mass is 820 g/mol. The molecule has 0 bridgehead atoms. The van der Waals surface area contributed by atoms with Gasteiger partial charge in [-0.2, -0.15) is 0 Å². The van der Waals surface area contributed by atoms with Crippen molar-refractivity contribution in [3.05, 3.63) is 12.7 Å². The summed E-state index contributed by atoms with van der Waals surface area (Å²) in [6.45, 7) is 10.6. The molecule has 20 nitrogen and oxygen atoms in total. The summed E-state index contributed by atoms with van der Waals surface area (Å²) in [4.78, 5) is 0. The van der Waals surface area contributed by atoms with Crippen LogP contribution in [0, 0.1) is 0 Å². The van der Waals surface area contributed by atoms with Crippen molar-refractivity contribution in [2.75, 3.05) is 28.4 Å². The van der Waals surface area contributed by atoms with Crippen molar-refractivity contribution in [2.45, 2.75) is 188 Å². The van der Waals surface area contributed by atoms with Crippen LogP contribution in [0.5, 0.6) is 0 Å². The third kappa shape index (κ3) is 11.2. The number of aliphatic hydroxyl groups is 12. The van der Waals surface area contributed by atoms with E-state index in [0.29, 0.717) is 12.8 Å².